The van der Waals surface area contributed by atoms with Gasteiger partial charge in [-0.1, -0.05) is 12.1 Å². The number of amides is 2. The largest absolute Gasteiger partial charge is 0.272 e. The minimum absolute atomic E-state index is 0.130. The summed E-state index contributed by atoms with van der Waals surface area (Å²) in [6, 6.07) is 8.84. The maximum absolute atomic E-state index is 13.4. The third kappa shape index (κ3) is 3.63. The average Bonchev–Trinajstić information content (AvgIpc) is 2.45. The van der Waals surface area contributed by atoms with Gasteiger partial charge in [0.25, 0.3) is 11.8 Å². The van der Waals surface area contributed by atoms with E-state index in [1.54, 1.807) is 0 Å². The maximum Gasteiger partial charge on any atom is 0.272 e. The second-order valence-corrected chi connectivity index (χ2v) is 4.87. The lowest BCUT2D eigenvalue weighted by molar-refractivity contribution is 0.0844. The van der Waals surface area contributed by atoms with Gasteiger partial charge in [-0.3, -0.25) is 20.4 Å². The number of hydrogen-bond donors (Lipinski definition) is 2. The number of carbonyl (C=O) groups is 2. The first-order chi connectivity index (χ1) is 9.99. The molecule has 7 heteroatoms. The zero-order valence-corrected chi connectivity index (χ0v) is 12.1. The fraction of sp³-hybridized carbons (Fsp3) is 0. The zero-order chi connectivity index (χ0) is 15.4. The maximum atomic E-state index is 13.4. The molecule has 2 aromatic carbocycles. The van der Waals surface area contributed by atoms with Gasteiger partial charge < -0.3 is 0 Å². The van der Waals surface area contributed by atoms with Crippen molar-refractivity contribution in [3.63, 3.8) is 0 Å². The fourth-order valence-electron chi connectivity index (χ4n) is 1.57. The molecule has 0 heterocycles. The van der Waals surface area contributed by atoms with E-state index in [-0.39, 0.29) is 15.6 Å². The van der Waals surface area contributed by atoms with Crippen LogP contribution in [0.5, 0.6) is 0 Å². The van der Waals surface area contributed by atoms with Crippen molar-refractivity contribution >= 4 is 27.7 Å². The molecule has 108 valence electrons. The van der Waals surface area contributed by atoms with E-state index in [2.05, 4.69) is 26.8 Å². The first-order valence-electron chi connectivity index (χ1n) is 5.79. The quantitative estimate of drug-likeness (QED) is 0.814. The van der Waals surface area contributed by atoms with Gasteiger partial charge in [0.1, 0.15) is 11.6 Å². The van der Waals surface area contributed by atoms with Crippen LogP contribution < -0.4 is 10.9 Å². The van der Waals surface area contributed by atoms with Gasteiger partial charge in [-0.15, -0.1) is 0 Å². The SMILES string of the molecule is O=C(NNC(=O)c1ccc(F)cc1Br)c1ccccc1F. The highest BCUT2D eigenvalue weighted by molar-refractivity contribution is 9.10. The van der Waals surface area contributed by atoms with Crippen LogP contribution in [0.2, 0.25) is 0 Å². The molecule has 2 rings (SSSR count). The Morgan fingerprint density at radius 3 is 2.14 bits per heavy atom. The molecule has 2 amide bonds. The molecule has 0 aliphatic carbocycles. The van der Waals surface area contributed by atoms with E-state index in [0.717, 1.165) is 18.2 Å². The minimum atomic E-state index is -0.792. The topological polar surface area (TPSA) is 58.2 Å². The van der Waals surface area contributed by atoms with Gasteiger partial charge in [0.05, 0.1) is 11.1 Å². The van der Waals surface area contributed by atoms with Gasteiger partial charge in [-0.2, -0.15) is 0 Å². The van der Waals surface area contributed by atoms with Crippen LogP contribution >= 0.6 is 15.9 Å². The molecular formula is C14H9BrF2N2O2. The summed E-state index contributed by atoms with van der Waals surface area (Å²) in [6.07, 6.45) is 0. The first-order valence-corrected chi connectivity index (χ1v) is 6.58. The standard InChI is InChI=1S/C14H9BrF2N2O2/c15-11-7-8(16)5-6-9(11)13(20)18-19-14(21)10-3-1-2-4-12(10)17/h1-7H,(H,18,20)(H,19,21). The summed E-state index contributed by atoms with van der Waals surface area (Å²) in [5.41, 5.74) is 4.15. The summed E-state index contributed by atoms with van der Waals surface area (Å²) in [7, 11) is 0. The van der Waals surface area contributed by atoms with Crippen LogP contribution in [-0.4, -0.2) is 11.8 Å². The van der Waals surface area contributed by atoms with Gasteiger partial charge in [0, 0.05) is 4.47 Å². The Morgan fingerprint density at radius 2 is 1.52 bits per heavy atom. The highest BCUT2D eigenvalue weighted by Crippen LogP contribution is 2.17. The van der Waals surface area contributed by atoms with Crippen molar-refractivity contribution in [2.45, 2.75) is 0 Å². The lowest BCUT2D eigenvalue weighted by Gasteiger charge is -2.09. The van der Waals surface area contributed by atoms with E-state index >= 15 is 0 Å². The molecule has 4 nitrogen and oxygen atoms in total. The van der Waals surface area contributed by atoms with Crippen molar-refractivity contribution in [3.8, 4) is 0 Å². The lowest BCUT2D eigenvalue weighted by atomic mass is 10.2. The number of rotatable bonds is 2. The molecule has 0 aliphatic rings. The molecule has 0 radical (unpaired) electrons. The van der Waals surface area contributed by atoms with Crippen LogP contribution in [0, 0.1) is 11.6 Å². The molecule has 0 fully saturated rings. The summed E-state index contributed by atoms with van der Waals surface area (Å²) in [5.74, 6) is -2.66. The molecule has 0 bridgehead atoms. The van der Waals surface area contributed by atoms with Crippen molar-refractivity contribution < 1.29 is 18.4 Å². The summed E-state index contributed by atoms with van der Waals surface area (Å²) in [6.45, 7) is 0. The van der Waals surface area contributed by atoms with Crippen LogP contribution in [-0.2, 0) is 0 Å². The molecule has 21 heavy (non-hydrogen) atoms. The molecule has 0 atom stereocenters. The van der Waals surface area contributed by atoms with E-state index in [0.29, 0.717) is 0 Å². The summed E-state index contributed by atoms with van der Waals surface area (Å²) in [5, 5.41) is 0. The molecule has 0 unspecified atom stereocenters. The zero-order valence-electron chi connectivity index (χ0n) is 10.5. The number of benzene rings is 2. The predicted molar refractivity (Wildman–Crippen MR) is 75.4 cm³/mol. The van der Waals surface area contributed by atoms with Crippen molar-refractivity contribution in [2.75, 3.05) is 0 Å². The highest BCUT2D eigenvalue weighted by Gasteiger charge is 2.14. The molecule has 0 aromatic heterocycles. The third-order valence-electron chi connectivity index (χ3n) is 2.58. The van der Waals surface area contributed by atoms with Crippen molar-refractivity contribution in [1.29, 1.82) is 0 Å². The second kappa shape index (κ2) is 6.45. The number of hydrogen-bond acceptors (Lipinski definition) is 2. The Balaban J connectivity index is 2.04. The van der Waals surface area contributed by atoms with E-state index in [9.17, 15) is 18.4 Å². The van der Waals surface area contributed by atoms with Gasteiger partial charge in [0.2, 0.25) is 0 Å². The summed E-state index contributed by atoms with van der Waals surface area (Å²) >= 11 is 3.04. The minimum Gasteiger partial charge on any atom is -0.267 e. The van der Waals surface area contributed by atoms with Crippen LogP contribution in [0.1, 0.15) is 20.7 Å². The predicted octanol–water partition coefficient (Wildman–Crippen LogP) is 2.80. The molecule has 0 saturated heterocycles. The molecular weight excluding hydrogens is 346 g/mol. The number of hydrazine groups is 1. The Labute approximate surface area is 127 Å². The number of nitrogens with one attached hydrogen (secondary N) is 2. The van der Waals surface area contributed by atoms with Crippen LogP contribution in [0.4, 0.5) is 8.78 Å². The van der Waals surface area contributed by atoms with Crippen molar-refractivity contribution in [1.82, 2.24) is 10.9 Å². The molecule has 0 aliphatic heterocycles. The summed E-state index contributed by atoms with van der Waals surface area (Å²) in [4.78, 5) is 23.5. The van der Waals surface area contributed by atoms with Crippen LogP contribution in [0.3, 0.4) is 0 Å². The Morgan fingerprint density at radius 1 is 0.905 bits per heavy atom. The van der Waals surface area contributed by atoms with E-state index < -0.39 is 23.4 Å². The molecule has 2 N–H and O–H groups in total. The van der Waals surface area contributed by atoms with Crippen molar-refractivity contribution in [2.24, 2.45) is 0 Å². The van der Waals surface area contributed by atoms with Crippen LogP contribution in [0.15, 0.2) is 46.9 Å². The van der Waals surface area contributed by atoms with Gasteiger partial charge in [0.15, 0.2) is 0 Å². The van der Waals surface area contributed by atoms with E-state index in [4.69, 9.17) is 0 Å². The second-order valence-electron chi connectivity index (χ2n) is 4.01. The Bertz CT molecular complexity index is 707. The van der Waals surface area contributed by atoms with Gasteiger partial charge in [-0.25, -0.2) is 8.78 Å². The van der Waals surface area contributed by atoms with E-state index in [1.165, 1.54) is 24.3 Å². The van der Waals surface area contributed by atoms with Gasteiger partial charge >= 0.3 is 0 Å². The number of carbonyl (C=O) groups excluding carboxylic acids is 2. The molecule has 0 saturated carbocycles. The van der Waals surface area contributed by atoms with E-state index in [1.807, 2.05) is 0 Å². The first kappa shape index (κ1) is 15.1. The lowest BCUT2D eigenvalue weighted by Crippen LogP contribution is -2.42. The highest BCUT2D eigenvalue weighted by atomic mass is 79.9. The fourth-order valence-corrected chi connectivity index (χ4v) is 2.10. The monoisotopic (exact) mass is 354 g/mol. The van der Waals surface area contributed by atoms with Gasteiger partial charge in [-0.05, 0) is 46.3 Å². The molecule has 0 spiro atoms. The average molecular weight is 355 g/mol. The van der Waals surface area contributed by atoms with Crippen molar-refractivity contribution in [3.05, 3.63) is 69.7 Å². The van der Waals surface area contributed by atoms with Crippen LogP contribution in [0.25, 0.3) is 0 Å². The molecule has 2 aromatic rings. The number of halogens is 3. The summed E-state index contributed by atoms with van der Waals surface area (Å²) < 4.78 is 26.5. The normalized spacial score (nSPS) is 10.0. The smallest absolute Gasteiger partial charge is 0.267 e. The third-order valence-corrected chi connectivity index (χ3v) is 3.24. The Hall–Kier alpha value is -2.28. The Kier molecular flexibility index (Phi) is 4.64.